The van der Waals surface area contributed by atoms with E-state index in [4.69, 9.17) is 4.98 Å². The van der Waals surface area contributed by atoms with E-state index in [9.17, 15) is 0 Å². The number of imidazole rings is 1. The predicted molar refractivity (Wildman–Crippen MR) is 264 cm³/mol. The van der Waals surface area contributed by atoms with Crippen LogP contribution in [0, 0.1) is 0 Å². The minimum absolute atomic E-state index is 0.803. The molecule has 11 rings (SSSR count). The molecular formula is C55H39N2P3. The Morgan fingerprint density at radius 1 is 0.283 bits per heavy atom. The largest absolute Gasteiger partial charge is 0.292 e. The van der Waals surface area contributed by atoms with Crippen molar-refractivity contribution in [3.63, 3.8) is 0 Å². The van der Waals surface area contributed by atoms with Gasteiger partial charge in [-0.05, 0) is 95.9 Å². The molecule has 0 fully saturated rings. The molecule has 0 amide bonds. The summed E-state index contributed by atoms with van der Waals surface area (Å²) >= 11 is 0. The molecule has 0 atom stereocenters. The molecule has 0 bridgehead atoms. The first kappa shape index (κ1) is 36.8. The number of benzene rings is 9. The highest BCUT2D eigenvalue weighted by atomic mass is 31.1. The summed E-state index contributed by atoms with van der Waals surface area (Å²) in [4.78, 5) is 5.75. The van der Waals surface area contributed by atoms with Crippen molar-refractivity contribution in [2.45, 2.75) is 0 Å². The average molecular weight is 821 g/mol. The van der Waals surface area contributed by atoms with Crippen LogP contribution in [0.3, 0.4) is 0 Å². The van der Waals surface area contributed by atoms with Crippen LogP contribution in [0.15, 0.2) is 237 Å². The second-order valence-electron chi connectivity index (χ2n) is 14.9. The summed E-state index contributed by atoms with van der Waals surface area (Å²) in [6.45, 7) is 0. The summed E-state index contributed by atoms with van der Waals surface area (Å²) in [5.41, 5.74) is 4.36. The van der Waals surface area contributed by atoms with Crippen LogP contribution in [0.2, 0.25) is 0 Å². The molecule has 0 N–H and O–H groups in total. The number of para-hydroxylation sites is 1. The van der Waals surface area contributed by atoms with Crippen LogP contribution in [-0.2, 0) is 0 Å². The van der Waals surface area contributed by atoms with Gasteiger partial charge in [0, 0.05) is 16.1 Å². The smallest absolute Gasteiger partial charge is 0.146 e. The van der Waals surface area contributed by atoms with Crippen molar-refractivity contribution >= 4 is 110 Å². The van der Waals surface area contributed by atoms with E-state index in [1.165, 1.54) is 69.4 Å². The maximum absolute atomic E-state index is 5.75. The van der Waals surface area contributed by atoms with Gasteiger partial charge < -0.3 is 0 Å². The zero-order valence-electron chi connectivity index (χ0n) is 32.8. The van der Waals surface area contributed by atoms with E-state index in [2.05, 4.69) is 241 Å². The molecule has 0 radical (unpaired) electrons. The lowest BCUT2D eigenvalue weighted by molar-refractivity contribution is 1.32. The van der Waals surface area contributed by atoms with E-state index in [1.807, 2.05) is 0 Å². The maximum Gasteiger partial charge on any atom is 0.146 e. The van der Waals surface area contributed by atoms with Gasteiger partial charge in [-0.15, -0.1) is 0 Å². The summed E-state index contributed by atoms with van der Waals surface area (Å²) in [7, 11) is -2.51. The summed E-state index contributed by atoms with van der Waals surface area (Å²) in [5, 5.41) is 15.5. The van der Waals surface area contributed by atoms with Crippen molar-refractivity contribution in [2.75, 3.05) is 0 Å². The number of pyridine rings is 1. The molecule has 0 spiro atoms. The van der Waals surface area contributed by atoms with Gasteiger partial charge in [0.2, 0.25) is 0 Å². The van der Waals surface area contributed by atoms with Crippen molar-refractivity contribution in [3.05, 3.63) is 237 Å². The molecule has 0 saturated heterocycles. The summed E-state index contributed by atoms with van der Waals surface area (Å²) in [5.74, 6) is 0. The van der Waals surface area contributed by atoms with Crippen molar-refractivity contribution in [2.24, 2.45) is 0 Å². The minimum Gasteiger partial charge on any atom is -0.292 e. The Morgan fingerprint density at radius 2 is 0.683 bits per heavy atom. The number of aromatic nitrogens is 2. The normalized spacial score (nSPS) is 11.8. The lowest BCUT2D eigenvalue weighted by Gasteiger charge is -2.22. The van der Waals surface area contributed by atoms with Crippen molar-refractivity contribution in [1.29, 1.82) is 0 Å². The molecule has 0 aliphatic carbocycles. The molecule has 0 aliphatic rings. The molecule has 284 valence electrons. The molecular weight excluding hydrogens is 782 g/mol. The van der Waals surface area contributed by atoms with Gasteiger partial charge in [-0.3, -0.25) is 4.40 Å². The minimum atomic E-state index is -0.882. The number of hydrogen-bond acceptors (Lipinski definition) is 1. The third-order valence-electron chi connectivity index (χ3n) is 11.3. The number of fused-ring (bicyclic) bond motifs is 8. The number of rotatable bonds is 9. The Balaban J connectivity index is 1.23. The lowest BCUT2D eigenvalue weighted by Crippen LogP contribution is -2.21. The molecule has 11 aromatic rings. The van der Waals surface area contributed by atoms with Crippen molar-refractivity contribution in [3.8, 4) is 0 Å². The fourth-order valence-corrected chi connectivity index (χ4v) is 15.7. The molecule has 0 saturated carbocycles. The second kappa shape index (κ2) is 16.1. The van der Waals surface area contributed by atoms with Crippen LogP contribution in [0.1, 0.15) is 0 Å². The first-order valence-electron chi connectivity index (χ1n) is 20.3. The Morgan fingerprint density at radius 3 is 1.13 bits per heavy atom. The van der Waals surface area contributed by atoms with Gasteiger partial charge >= 0.3 is 0 Å². The summed E-state index contributed by atoms with van der Waals surface area (Å²) in [6, 6.07) is 87.3. The van der Waals surface area contributed by atoms with E-state index in [-0.39, 0.29) is 0 Å². The second-order valence-corrected chi connectivity index (χ2v) is 21.5. The first-order chi connectivity index (χ1) is 29.8. The summed E-state index contributed by atoms with van der Waals surface area (Å²) in [6.07, 6.45) is 0. The molecule has 2 nitrogen and oxygen atoms in total. The quantitative estimate of drug-likeness (QED) is 0.105. The Kier molecular flexibility index (Phi) is 9.85. The third kappa shape index (κ3) is 6.63. The Labute approximate surface area is 354 Å². The molecule has 2 heterocycles. The van der Waals surface area contributed by atoms with E-state index in [0.29, 0.717) is 0 Å². The van der Waals surface area contributed by atoms with Crippen LogP contribution in [0.4, 0.5) is 0 Å². The monoisotopic (exact) mass is 820 g/mol. The predicted octanol–water partition coefficient (Wildman–Crippen LogP) is 10.1. The van der Waals surface area contributed by atoms with Crippen molar-refractivity contribution in [1.82, 2.24) is 9.38 Å². The van der Waals surface area contributed by atoms with E-state index >= 15 is 0 Å². The maximum atomic E-state index is 5.75. The molecule has 5 heteroatoms. The average Bonchev–Trinajstić information content (AvgIpc) is 3.73. The van der Waals surface area contributed by atoms with Crippen molar-refractivity contribution < 1.29 is 0 Å². The molecule has 0 unspecified atom stereocenters. The zero-order chi connectivity index (χ0) is 39.8. The van der Waals surface area contributed by atoms with Crippen LogP contribution < -0.4 is 47.7 Å². The van der Waals surface area contributed by atoms with Gasteiger partial charge in [-0.1, -0.05) is 212 Å². The third-order valence-corrected chi connectivity index (χ3v) is 18.6. The van der Waals surface area contributed by atoms with E-state index in [1.54, 1.807) is 0 Å². The highest BCUT2D eigenvalue weighted by molar-refractivity contribution is 7.80. The SMILES string of the molecule is c1ccc(P(c2ccccc2)c2ccc3c(c2)c2ccc(P(c4ccccc4)c4ccccc4)cc2c2nc4c(P(c5ccccc5)c5ccccc5)cccc4n32)cc1. The fraction of sp³-hybridized carbons (Fsp3) is 0. The van der Waals surface area contributed by atoms with Crippen LogP contribution >= 0.6 is 23.8 Å². The number of nitrogens with zero attached hydrogens (tertiary/aromatic N) is 2. The number of hydrogen-bond donors (Lipinski definition) is 0. The van der Waals surface area contributed by atoms with Crippen LogP contribution in [0.5, 0.6) is 0 Å². The molecule has 9 aromatic carbocycles. The van der Waals surface area contributed by atoms with Gasteiger partial charge in [0.25, 0.3) is 0 Å². The van der Waals surface area contributed by atoms with E-state index < -0.39 is 23.8 Å². The highest BCUT2D eigenvalue weighted by Gasteiger charge is 2.25. The van der Waals surface area contributed by atoms with Gasteiger partial charge in [-0.2, -0.15) is 0 Å². The summed E-state index contributed by atoms with van der Waals surface area (Å²) < 4.78 is 2.45. The van der Waals surface area contributed by atoms with Gasteiger partial charge in [0.1, 0.15) is 5.65 Å². The Hall–Kier alpha value is -6.26. The van der Waals surface area contributed by atoms with E-state index in [0.717, 1.165) is 16.7 Å². The zero-order valence-corrected chi connectivity index (χ0v) is 35.4. The standard InChI is InChI=1S/C55H39N2P3/c1-7-20-40(21-8-1)58(41-22-9-2-10-23-41)46-34-36-48-49-38-47(59(42-24-11-3-12-25-42)43-26-13-4-14-27-43)35-37-51(49)57-52-32-19-33-53(54(52)56-55(57)50(48)39-46)60(44-28-15-5-16-29-44)45-30-17-6-18-31-45/h1-39H. The fourth-order valence-electron chi connectivity index (χ4n) is 8.64. The van der Waals surface area contributed by atoms with Crippen LogP contribution in [-0.4, -0.2) is 9.38 Å². The van der Waals surface area contributed by atoms with Gasteiger partial charge in [0.15, 0.2) is 0 Å². The highest BCUT2D eigenvalue weighted by Crippen LogP contribution is 2.41. The molecule has 2 aromatic heterocycles. The Bertz CT molecular complexity index is 3130. The first-order valence-corrected chi connectivity index (χ1v) is 24.3. The lowest BCUT2D eigenvalue weighted by atomic mass is 10.1. The molecule has 60 heavy (non-hydrogen) atoms. The van der Waals surface area contributed by atoms with Crippen LogP contribution in [0.25, 0.3) is 38.4 Å². The molecule has 0 aliphatic heterocycles. The van der Waals surface area contributed by atoms with Gasteiger partial charge in [0.05, 0.1) is 16.6 Å². The van der Waals surface area contributed by atoms with Gasteiger partial charge in [-0.25, -0.2) is 4.98 Å². The topological polar surface area (TPSA) is 17.3 Å².